The van der Waals surface area contributed by atoms with Crippen LogP contribution in [0.5, 0.6) is 0 Å². The molecule has 0 N–H and O–H groups in total. The first-order chi connectivity index (χ1) is 28.3. The van der Waals surface area contributed by atoms with Crippen LogP contribution >= 0.6 is 11.3 Å². The third kappa shape index (κ3) is 7.47. The van der Waals surface area contributed by atoms with Gasteiger partial charge in [0.2, 0.25) is 0 Å². The molecule has 0 bridgehead atoms. The van der Waals surface area contributed by atoms with E-state index in [1.165, 1.54) is 69.9 Å². The molecule has 0 saturated carbocycles. The summed E-state index contributed by atoms with van der Waals surface area (Å²) in [7, 11) is 0. The first-order valence-corrected chi connectivity index (χ1v) is 21.2. The Labute approximate surface area is 341 Å². The number of anilines is 3. The Bertz CT molecular complexity index is 2850. The van der Waals surface area contributed by atoms with Gasteiger partial charge in [-0.2, -0.15) is 0 Å². The van der Waals surface area contributed by atoms with Crippen molar-refractivity contribution >= 4 is 70.4 Å². The van der Waals surface area contributed by atoms with Crippen molar-refractivity contribution in [2.45, 2.75) is 41.5 Å². The molecule has 0 saturated heterocycles. The van der Waals surface area contributed by atoms with E-state index < -0.39 is 0 Å². The SMILES string of the molecule is CC.CC.CC.c1ccc(-c2ccc(N(c3ccccc3)c3ccccc3-c3ccc4c(c3)c3ccccc3n4-c3ccc4c(c3)sc3ccccc34)cc2)cc1. The minimum Gasteiger partial charge on any atom is -0.310 e. The standard InChI is InChI=1S/C48H32N2S.3C2H6/c1-3-13-33(14-4-1)34-23-26-37(27-24-34)49(36-15-5-2-6-16-36)44-20-10-7-17-39(44)35-25-30-46-43(31-35)40-18-8-11-21-45(40)50(46)38-28-29-42-41-19-9-12-22-47(41)51-48(42)32-38;3*1-2/h1-32H;3*1-2H3. The van der Waals surface area contributed by atoms with E-state index in [4.69, 9.17) is 0 Å². The minimum absolute atomic E-state index is 1.11. The Hall–Kier alpha value is -6.42. The highest BCUT2D eigenvalue weighted by Gasteiger charge is 2.19. The van der Waals surface area contributed by atoms with Gasteiger partial charge in [-0.15, -0.1) is 11.3 Å². The number of benzene rings is 8. The summed E-state index contributed by atoms with van der Waals surface area (Å²) >= 11 is 1.87. The summed E-state index contributed by atoms with van der Waals surface area (Å²) in [5, 5.41) is 5.13. The smallest absolute Gasteiger partial charge is 0.0541 e. The summed E-state index contributed by atoms with van der Waals surface area (Å²) in [5.41, 5.74) is 11.7. The molecule has 0 fully saturated rings. The first-order valence-electron chi connectivity index (χ1n) is 20.4. The van der Waals surface area contributed by atoms with Gasteiger partial charge in [0, 0.05) is 53.6 Å². The van der Waals surface area contributed by atoms with Gasteiger partial charge in [-0.25, -0.2) is 0 Å². The van der Waals surface area contributed by atoms with Gasteiger partial charge in [-0.1, -0.05) is 169 Å². The lowest BCUT2D eigenvalue weighted by atomic mass is 9.99. The van der Waals surface area contributed by atoms with Crippen LogP contribution in [0.2, 0.25) is 0 Å². The maximum absolute atomic E-state index is 2.43. The minimum atomic E-state index is 1.11. The van der Waals surface area contributed by atoms with Crippen molar-refractivity contribution in [1.82, 2.24) is 4.57 Å². The zero-order valence-corrected chi connectivity index (χ0v) is 34.6. The van der Waals surface area contributed by atoms with Crippen molar-refractivity contribution in [1.29, 1.82) is 0 Å². The molecule has 282 valence electrons. The second-order valence-electron chi connectivity index (χ2n) is 13.0. The Morgan fingerprint density at radius 2 is 0.912 bits per heavy atom. The predicted molar refractivity (Wildman–Crippen MR) is 253 cm³/mol. The molecule has 8 aromatic carbocycles. The fraction of sp³-hybridized carbons (Fsp3) is 0.111. The zero-order chi connectivity index (χ0) is 39.7. The third-order valence-electron chi connectivity index (χ3n) is 10.00. The number of rotatable bonds is 6. The van der Waals surface area contributed by atoms with E-state index in [1.807, 2.05) is 52.9 Å². The molecule has 3 heteroatoms. The molecular weight excluding hydrogens is 709 g/mol. The summed E-state index contributed by atoms with van der Waals surface area (Å²) < 4.78 is 5.06. The Morgan fingerprint density at radius 1 is 0.368 bits per heavy atom. The number of para-hydroxylation sites is 3. The molecule has 2 aromatic heterocycles. The van der Waals surface area contributed by atoms with E-state index >= 15 is 0 Å². The van der Waals surface area contributed by atoms with E-state index in [-0.39, 0.29) is 0 Å². The maximum Gasteiger partial charge on any atom is 0.0541 e. The fourth-order valence-corrected chi connectivity index (χ4v) is 8.76. The molecule has 57 heavy (non-hydrogen) atoms. The van der Waals surface area contributed by atoms with Crippen molar-refractivity contribution in [2.24, 2.45) is 0 Å². The molecule has 0 aliphatic rings. The summed E-state index contributed by atoms with van der Waals surface area (Å²) in [6.07, 6.45) is 0. The second kappa shape index (κ2) is 18.0. The lowest BCUT2D eigenvalue weighted by Crippen LogP contribution is -2.11. The molecule has 10 rings (SSSR count). The predicted octanol–water partition coefficient (Wildman–Crippen LogP) is 17.0. The topological polar surface area (TPSA) is 8.17 Å². The largest absolute Gasteiger partial charge is 0.310 e. The van der Waals surface area contributed by atoms with Crippen molar-refractivity contribution in [3.05, 3.63) is 194 Å². The summed E-state index contributed by atoms with van der Waals surface area (Å²) in [5.74, 6) is 0. The van der Waals surface area contributed by atoms with E-state index in [0.29, 0.717) is 0 Å². The van der Waals surface area contributed by atoms with Crippen LogP contribution in [-0.2, 0) is 0 Å². The lowest BCUT2D eigenvalue weighted by molar-refractivity contribution is 1.19. The summed E-state index contributed by atoms with van der Waals surface area (Å²) in [4.78, 5) is 2.37. The van der Waals surface area contributed by atoms with Crippen molar-refractivity contribution in [2.75, 3.05) is 4.90 Å². The van der Waals surface area contributed by atoms with Gasteiger partial charge in [0.15, 0.2) is 0 Å². The summed E-state index contributed by atoms with van der Waals surface area (Å²) in [6, 6.07) is 70.3. The molecule has 0 spiro atoms. The third-order valence-corrected chi connectivity index (χ3v) is 11.1. The van der Waals surface area contributed by atoms with Gasteiger partial charge in [0.25, 0.3) is 0 Å². The molecule has 0 aliphatic heterocycles. The highest BCUT2D eigenvalue weighted by Crippen LogP contribution is 2.43. The van der Waals surface area contributed by atoms with Crippen LogP contribution in [0.25, 0.3) is 69.9 Å². The van der Waals surface area contributed by atoms with Gasteiger partial charge >= 0.3 is 0 Å². The van der Waals surface area contributed by atoms with Crippen LogP contribution in [0.1, 0.15) is 41.5 Å². The lowest BCUT2D eigenvalue weighted by Gasteiger charge is -2.28. The van der Waals surface area contributed by atoms with E-state index in [2.05, 4.69) is 204 Å². The first kappa shape index (κ1) is 38.8. The Balaban J connectivity index is 0.000000792. The van der Waals surface area contributed by atoms with Crippen molar-refractivity contribution in [3.8, 4) is 27.9 Å². The van der Waals surface area contributed by atoms with E-state index in [0.717, 1.165) is 17.1 Å². The van der Waals surface area contributed by atoms with Crippen LogP contribution in [0.3, 0.4) is 0 Å². The average molecular weight is 759 g/mol. The van der Waals surface area contributed by atoms with Crippen LogP contribution in [-0.4, -0.2) is 4.57 Å². The van der Waals surface area contributed by atoms with Crippen LogP contribution in [0.15, 0.2) is 194 Å². The quantitative estimate of drug-likeness (QED) is 0.164. The number of hydrogen-bond donors (Lipinski definition) is 0. The second-order valence-corrected chi connectivity index (χ2v) is 14.0. The van der Waals surface area contributed by atoms with Crippen LogP contribution in [0.4, 0.5) is 17.1 Å². The van der Waals surface area contributed by atoms with Gasteiger partial charge in [0.05, 0.1) is 16.7 Å². The molecule has 0 atom stereocenters. The number of nitrogens with zero attached hydrogens (tertiary/aromatic N) is 2. The Kier molecular flexibility index (Phi) is 12.3. The Morgan fingerprint density at radius 3 is 1.67 bits per heavy atom. The van der Waals surface area contributed by atoms with E-state index in [1.54, 1.807) is 0 Å². The molecule has 2 nitrogen and oxygen atoms in total. The summed E-state index contributed by atoms with van der Waals surface area (Å²) in [6.45, 7) is 12.0. The van der Waals surface area contributed by atoms with Gasteiger partial charge in [-0.05, 0) is 83.4 Å². The average Bonchev–Trinajstić information content (AvgIpc) is 3.84. The zero-order valence-electron chi connectivity index (χ0n) is 33.8. The number of thiophene rings is 1. The van der Waals surface area contributed by atoms with Crippen molar-refractivity contribution in [3.63, 3.8) is 0 Å². The molecule has 0 unspecified atom stereocenters. The molecule has 2 heterocycles. The van der Waals surface area contributed by atoms with Crippen molar-refractivity contribution < 1.29 is 0 Å². The van der Waals surface area contributed by atoms with Gasteiger partial charge < -0.3 is 9.47 Å². The van der Waals surface area contributed by atoms with Crippen LogP contribution in [0, 0.1) is 0 Å². The number of aromatic nitrogens is 1. The highest BCUT2D eigenvalue weighted by atomic mass is 32.1. The van der Waals surface area contributed by atoms with Gasteiger partial charge in [-0.3, -0.25) is 0 Å². The normalized spacial score (nSPS) is 10.6. The van der Waals surface area contributed by atoms with E-state index in [9.17, 15) is 0 Å². The molecule has 0 aliphatic carbocycles. The maximum atomic E-state index is 2.43. The highest BCUT2D eigenvalue weighted by molar-refractivity contribution is 7.25. The monoisotopic (exact) mass is 758 g/mol. The number of hydrogen-bond acceptors (Lipinski definition) is 2. The number of fused-ring (bicyclic) bond motifs is 6. The fourth-order valence-electron chi connectivity index (χ4n) is 7.62. The molecule has 10 aromatic rings. The molecule has 0 radical (unpaired) electrons. The molecule has 0 amide bonds. The van der Waals surface area contributed by atoms with Crippen LogP contribution < -0.4 is 4.90 Å². The molecular formula is C54H50N2S. The van der Waals surface area contributed by atoms with Gasteiger partial charge in [0.1, 0.15) is 0 Å².